The van der Waals surface area contributed by atoms with E-state index >= 15 is 0 Å². The van der Waals surface area contributed by atoms with Crippen LogP contribution in [-0.4, -0.2) is 29.4 Å². The molecule has 7 nitrogen and oxygen atoms in total. The van der Waals surface area contributed by atoms with E-state index in [-0.39, 0.29) is 11.5 Å². The van der Waals surface area contributed by atoms with Gasteiger partial charge in [0.25, 0.3) is 5.91 Å². The summed E-state index contributed by atoms with van der Waals surface area (Å²) in [5.41, 5.74) is 1.27. The van der Waals surface area contributed by atoms with Crippen molar-refractivity contribution in [3.05, 3.63) is 52.8 Å². The SMILES string of the molecule is CC(=O)Nc1cccc(NC(=O)COC(=O)c2cncc(Br)c2)c1. The number of carbonyl (C=O) groups excluding carboxylic acids is 3. The Hall–Kier alpha value is -2.74. The fourth-order valence-corrected chi connectivity index (χ4v) is 2.18. The van der Waals surface area contributed by atoms with E-state index in [2.05, 4.69) is 31.5 Å². The van der Waals surface area contributed by atoms with Gasteiger partial charge in [0.15, 0.2) is 6.61 Å². The zero-order valence-electron chi connectivity index (χ0n) is 12.7. The third-order valence-electron chi connectivity index (χ3n) is 2.74. The highest BCUT2D eigenvalue weighted by molar-refractivity contribution is 9.10. The second kappa shape index (κ2) is 8.21. The highest BCUT2D eigenvalue weighted by Gasteiger charge is 2.11. The number of pyridine rings is 1. The first-order chi connectivity index (χ1) is 11.4. The van der Waals surface area contributed by atoms with Crippen molar-refractivity contribution >= 4 is 45.1 Å². The summed E-state index contributed by atoms with van der Waals surface area (Å²) in [7, 11) is 0. The molecule has 8 heteroatoms. The lowest BCUT2D eigenvalue weighted by Crippen LogP contribution is -2.21. The van der Waals surface area contributed by atoms with Crippen molar-refractivity contribution in [2.75, 3.05) is 17.2 Å². The van der Waals surface area contributed by atoms with E-state index in [1.165, 1.54) is 19.3 Å². The van der Waals surface area contributed by atoms with Gasteiger partial charge in [0.2, 0.25) is 5.91 Å². The van der Waals surface area contributed by atoms with Crippen LogP contribution >= 0.6 is 15.9 Å². The number of carbonyl (C=O) groups is 3. The third-order valence-corrected chi connectivity index (χ3v) is 3.18. The van der Waals surface area contributed by atoms with Crippen LogP contribution in [0.15, 0.2) is 47.2 Å². The average molecular weight is 392 g/mol. The fraction of sp³-hybridized carbons (Fsp3) is 0.125. The number of nitrogens with one attached hydrogen (secondary N) is 2. The molecule has 2 aromatic rings. The normalized spacial score (nSPS) is 9.92. The van der Waals surface area contributed by atoms with Gasteiger partial charge in [0.1, 0.15) is 0 Å². The zero-order chi connectivity index (χ0) is 17.5. The van der Waals surface area contributed by atoms with E-state index in [0.29, 0.717) is 15.8 Å². The highest BCUT2D eigenvalue weighted by atomic mass is 79.9. The first-order valence-corrected chi connectivity index (χ1v) is 7.68. The molecule has 0 saturated carbocycles. The van der Waals surface area contributed by atoms with Crippen molar-refractivity contribution < 1.29 is 19.1 Å². The van der Waals surface area contributed by atoms with Crippen molar-refractivity contribution in [2.45, 2.75) is 6.92 Å². The van der Waals surface area contributed by atoms with Gasteiger partial charge in [-0.1, -0.05) is 6.07 Å². The molecule has 0 fully saturated rings. The molecule has 124 valence electrons. The number of halogens is 1. The number of hydrogen-bond acceptors (Lipinski definition) is 5. The number of ether oxygens (including phenoxy) is 1. The minimum absolute atomic E-state index is 0.213. The Bertz CT molecular complexity index is 779. The molecule has 0 aliphatic rings. The fourth-order valence-electron chi connectivity index (χ4n) is 1.81. The lowest BCUT2D eigenvalue weighted by molar-refractivity contribution is -0.119. The molecule has 2 amide bonds. The van der Waals surface area contributed by atoms with E-state index in [0.717, 1.165) is 0 Å². The second-order valence-electron chi connectivity index (χ2n) is 4.78. The quantitative estimate of drug-likeness (QED) is 0.763. The molecular weight excluding hydrogens is 378 g/mol. The van der Waals surface area contributed by atoms with E-state index in [9.17, 15) is 14.4 Å². The van der Waals surface area contributed by atoms with Crippen LogP contribution in [0.4, 0.5) is 11.4 Å². The summed E-state index contributed by atoms with van der Waals surface area (Å²) in [5, 5.41) is 5.19. The number of nitrogens with zero attached hydrogens (tertiary/aromatic N) is 1. The summed E-state index contributed by atoms with van der Waals surface area (Å²) in [6, 6.07) is 8.17. The summed E-state index contributed by atoms with van der Waals surface area (Å²) < 4.78 is 5.57. The van der Waals surface area contributed by atoms with Crippen molar-refractivity contribution in [3.63, 3.8) is 0 Å². The van der Waals surface area contributed by atoms with Gasteiger partial charge >= 0.3 is 5.97 Å². The van der Waals surface area contributed by atoms with E-state index < -0.39 is 18.5 Å². The van der Waals surface area contributed by atoms with Gasteiger partial charge in [0, 0.05) is 35.2 Å². The van der Waals surface area contributed by atoms with Crippen molar-refractivity contribution in [3.8, 4) is 0 Å². The molecule has 0 unspecified atom stereocenters. The topological polar surface area (TPSA) is 97.4 Å². The predicted octanol–water partition coefficient (Wildman–Crippen LogP) is 2.60. The number of aromatic nitrogens is 1. The molecule has 1 aromatic carbocycles. The lowest BCUT2D eigenvalue weighted by atomic mass is 10.2. The van der Waals surface area contributed by atoms with Gasteiger partial charge in [-0.15, -0.1) is 0 Å². The van der Waals surface area contributed by atoms with Crippen molar-refractivity contribution in [1.29, 1.82) is 0 Å². The predicted molar refractivity (Wildman–Crippen MR) is 91.6 cm³/mol. The standard InChI is InChI=1S/C16H14BrN3O4/c1-10(21)19-13-3-2-4-14(6-13)20-15(22)9-24-16(23)11-5-12(17)8-18-7-11/h2-8H,9H2,1H3,(H,19,21)(H,20,22). The van der Waals surface area contributed by atoms with Crippen LogP contribution in [0, 0.1) is 0 Å². The molecule has 0 aliphatic heterocycles. The molecular formula is C16H14BrN3O4. The van der Waals surface area contributed by atoms with Gasteiger partial charge in [0.05, 0.1) is 5.56 Å². The van der Waals surface area contributed by atoms with Gasteiger partial charge in [-0.3, -0.25) is 14.6 Å². The number of hydrogen-bond donors (Lipinski definition) is 2. The van der Waals surface area contributed by atoms with Gasteiger partial charge in [-0.2, -0.15) is 0 Å². The first-order valence-electron chi connectivity index (χ1n) is 6.89. The monoisotopic (exact) mass is 391 g/mol. The molecule has 24 heavy (non-hydrogen) atoms. The number of amides is 2. The summed E-state index contributed by atoms with van der Waals surface area (Å²) >= 11 is 3.20. The Balaban J connectivity index is 1.89. The van der Waals surface area contributed by atoms with E-state index in [1.807, 2.05) is 0 Å². The molecule has 2 N–H and O–H groups in total. The van der Waals surface area contributed by atoms with Gasteiger partial charge in [-0.05, 0) is 40.2 Å². The highest BCUT2D eigenvalue weighted by Crippen LogP contribution is 2.15. The van der Waals surface area contributed by atoms with Gasteiger partial charge < -0.3 is 15.4 Å². The van der Waals surface area contributed by atoms with E-state index in [1.54, 1.807) is 30.3 Å². The third kappa shape index (κ3) is 5.47. The lowest BCUT2D eigenvalue weighted by Gasteiger charge is -2.08. The Morgan fingerprint density at radius 3 is 2.50 bits per heavy atom. The first kappa shape index (κ1) is 17.6. The second-order valence-corrected chi connectivity index (χ2v) is 5.69. The molecule has 1 aromatic heterocycles. The van der Waals surface area contributed by atoms with E-state index in [4.69, 9.17) is 4.74 Å². The smallest absolute Gasteiger partial charge is 0.340 e. The molecule has 0 radical (unpaired) electrons. The van der Waals surface area contributed by atoms with Crippen LogP contribution in [-0.2, 0) is 14.3 Å². The molecule has 0 aliphatic carbocycles. The molecule has 0 bridgehead atoms. The maximum Gasteiger partial charge on any atom is 0.340 e. The molecule has 0 atom stereocenters. The number of anilines is 2. The Labute approximate surface area is 146 Å². The summed E-state index contributed by atoms with van der Waals surface area (Å²) in [4.78, 5) is 38.5. The molecule has 0 saturated heterocycles. The molecule has 1 heterocycles. The van der Waals surface area contributed by atoms with Crippen molar-refractivity contribution in [1.82, 2.24) is 4.98 Å². The minimum atomic E-state index is -0.647. The minimum Gasteiger partial charge on any atom is -0.452 e. The number of esters is 1. The average Bonchev–Trinajstić information content (AvgIpc) is 2.52. The van der Waals surface area contributed by atoms with Crippen LogP contribution in [0.25, 0.3) is 0 Å². The van der Waals surface area contributed by atoms with Crippen LogP contribution in [0.2, 0.25) is 0 Å². The zero-order valence-corrected chi connectivity index (χ0v) is 14.3. The summed E-state index contributed by atoms with van der Waals surface area (Å²) in [5.74, 6) is -1.35. The number of benzene rings is 1. The number of rotatable bonds is 5. The largest absolute Gasteiger partial charge is 0.452 e. The maximum atomic E-state index is 11.8. The Morgan fingerprint density at radius 2 is 1.83 bits per heavy atom. The maximum absolute atomic E-state index is 11.8. The molecule has 0 spiro atoms. The van der Waals surface area contributed by atoms with Crippen LogP contribution in [0.3, 0.4) is 0 Å². The van der Waals surface area contributed by atoms with Crippen LogP contribution in [0.1, 0.15) is 17.3 Å². The Kier molecular flexibility index (Phi) is 6.02. The molecule has 2 rings (SSSR count). The van der Waals surface area contributed by atoms with Crippen molar-refractivity contribution in [2.24, 2.45) is 0 Å². The Morgan fingerprint density at radius 1 is 1.12 bits per heavy atom. The van der Waals surface area contributed by atoms with Gasteiger partial charge in [-0.25, -0.2) is 4.79 Å². The van der Waals surface area contributed by atoms with Crippen LogP contribution < -0.4 is 10.6 Å². The van der Waals surface area contributed by atoms with Crippen LogP contribution in [0.5, 0.6) is 0 Å². The summed E-state index contributed by atoms with van der Waals surface area (Å²) in [6.07, 6.45) is 2.88. The summed E-state index contributed by atoms with van der Waals surface area (Å²) in [6.45, 7) is 0.956.